The van der Waals surface area contributed by atoms with Crippen molar-refractivity contribution in [1.29, 1.82) is 0 Å². The Morgan fingerprint density at radius 2 is 2.57 bits per heavy atom. The zero-order valence-corrected chi connectivity index (χ0v) is 4.60. The predicted octanol–water partition coefficient (Wildman–Crippen LogP) is 0.142. The van der Waals surface area contributed by atoms with Gasteiger partial charge < -0.3 is 10.2 Å². The Bertz CT molecular complexity index is 88.1. The number of hydrogen-bond acceptors (Lipinski definition) is 2. The summed E-state index contributed by atoms with van der Waals surface area (Å²) in [4.78, 5) is 2.06. The molecule has 0 aromatic rings. The highest BCUT2D eigenvalue weighted by Crippen LogP contribution is 1.96. The Morgan fingerprint density at radius 3 is 2.71 bits per heavy atom. The van der Waals surface area contributed by atoms with E-state index in [4.69, 9.17) is 0 Å². The third-order valence-electron chi connectivity index (χ3n) is 1.17. The minimum absolute atomic E-state index is 0.431. The maximum atomic E-state index is 2.99. The van der Waals surface area contributed by atoms with Crippen molar-refractivity contribution in [3.8, 4) is 0 Å². The molecule has 0 aromatic carbocycles. The molecule has 1 unspecified atom stereocenters. The lowest BCUT2D eigenvalue weighted by Gasteiger charge is -2.14. The van der Waals surface area contributed by atoms with Gasteiger partial charge in [0.25, 0.3) is 0 Å². The van der Waals surface area contributed by atoms with E-state index in [9.17, 15) is 0 Å². The first-order valence-electron chi connectivity index (χ1n) is 2.37. The molecule has 1 atom stereocenters. The van der Waals surface area contributed by atoms with Crippen molar-refractivity contribution in [3.05, 3.63) is 12.4 Å². The maximum Gasteiger partial charge on any atom is 0.0954 e. The fourth-order valence-corrected chi connectivity index (χ4v) is 0.473. The molecule has 0 saturated heterocycles. The Hall–Kier alpha value is -0.660. The van der Waals surface area contributed by atoms with Gasteiger partial charge in [-0.25, -0.2) is 0 Å². The first kappa shape index (κ1) is 4.50. The molecule has 1 aliphatic heterocycles. The second-order valence-corrected chi connectivity index (χ2v) is 1.76. The van der Waals surface area contributed by atoms with Gasteiger partial charge in [0.05, 0.1) is 12.4 Å². The first-order chi connectivity index (χ1) is 3.30. The SMILES string of the molecule is CC1N[C]=CN1C. The van der Waals surface area contributed by atoms with E-state index in [0.717, 1.165) is 0 Å². The van der Waals surface area contributed by atoms with Crippen LogP contribution in [0.25, 0.3) is 0 Å². The van der Waals surface area contributed by atoms with Gasteiger partial charge in [0.1, 0.15) is 0 Å². The topological polar surface area (TPSA) is 15.3 Å². The third-order valence-corrected chi connectivity index (χ3v) is 1.17. The van der Waals surface area contributed by atoms with Crippen molar-refractivity contribution < 1.29 is 0 Å². The minimum Gasteiger partial charge on any atom is -0.363 e. The van der Waals surface area contributed by atoms with Crippen LogP contribution in [-0.2, 0) is 0 Å². The second-order valence-electron chi connectivity index (χ2n) is 1.76. The Labute approximate surface area is 43.8 Å². The van der Waals surface area contributed by atoms with Crippen LogP contribution in [0.4, 0.5) is 0 Å². The fourth-order valence-electron chi connectivity index (χ4n) is 0.473. The van der Waals surface area contributed by atoms with Gasteiger partial charge in [-0.05, 0) is 6.92 Å². The van der Waals surface area contributed by atoms with Crippen molar-refractivity contribution in [2.24, 2.45) is 0 Å². The van der Waals surface area contributed by atoms with Crippen molar-refractivity contribution in [3.63, 3.8) is 0 Å². The molecule has 1 heterocycles. The molecule has 1 aliphatic rings. The zero-order chi connectivity index (χ0) is 5.28. The van der Waals surface area contributed by atoms with E-state index in [1.807, 2.05) is 13.2 Å². The van der Waals surface area contributed by atoms with Crippen LogP contribution in [0.1, 0.15) is 6.92 Å². The molecule has 2 nitrogen and oxygen atoms in total. The molecule has 39 valence electrons. The van der Waals surface area contributed by atoms with Crippen LogP contribution < -0.4 is 5.32 Å². The molecule has 1 N–H and O–H groups in total. The number of hydrogen-bond donors (Lipinski definition) is 1. The van der Waals surface area contributed by atoms with Crippen LogP contribution in [0.15, 0.2) is 6.20 Å². The number of rotatable bonds is 0. The van der Waals surface area contributed by atoms with E-state index in [-0.39, 0.29) is 0 Å². The minimum atomic E-state index is 0.431. The van der Waals surface area contributed by atoms with Gasteiger partial charge in [0.2, 0.25) is 0 Å². The van der Waals surface area contributed by atoms with Gasteiger partial charge in [-0.15, -0.1) is 0 Å². The molecule has 0 fully saturated rings. The fraction of sp³-hybridized carbons (Fsp3) is 0.600. The number of nitrogens with one attached hydrogen (secondary N) is 1. The lowest BCUT2D eigenvalue weighted by atomic mass is 10.6. The van der Waals surface area contributed by atoms with Gasteiger partial charge in [0, 0.05) is 13.2 Å². The Balaban J connectivity index is 2.45. The highest BCUT2D eigenvalue weighted by molar-refractivity contribution is 4.83. The average Bonchev–Trinajstić information content (AvgIpc) is 1.91. The van der Waals surface area contributed by atoms with Gasteiger partial charge in [-0.2, -0.15) is 0 Å². The summed E-state index contributed by atoms with van der Waals surface area (Å²) in [5, 5.41) is 2.99. The van der Waals surface area contributed by atoms with Crippen LogP contribution in [0, 0.1) is 6.20 Å². The number of nitrogens with zero attached hydrogens (tertiary/aromatic N) is 1. The molecular weight excluding hydrogens is 88.1 g/mol. The van der Waals surface area contributed by atoms with E-state index >= 15 is 0 Å². The normalized spacial score (nSPS) is 28.3. The Morgan fingerprint density at radius 1 is 1.86 bits per heavy atom. The molecule has 1 radical (unpaired) electrons. The van der Waals surface area contributed by atoms with E-state index in [0.29, 0.717) is 6.17 Å². The summed E-state index contributed by atoms with van der Waals surface area (Å²) in [5.74, 6) is 0. The molecule has 0 amide bonds. The highest BCUT2D eigenvalue weighted by Gasteiger charge is 2.05. The standard InChI is InChI=1S/C5H9N2/c1-5-6-3-4-7(5)2/h4-6H,1-2H3. The monoisotopic (exact) mass is 97.1 g/mol. The van der Waals surface area contributed by atoms with E-state index in [2.05, 4.69) is 23.3 Å². The maximum absolute atomic E-state index is 2.99. The van der Waals surface area contributed by atoms with Crippen LogP contribution in [0.2, 0.25) is 0 Å². The summed E-state index contributed by atoms with van der Waals surface area (Å²) in [5.41, 5.74) is 0. The molecule has 0 aromatic heterocycles. The van der Waals surface area contributed by atoms with Crippen LogP contribution in [0.5, 0.6) is 0 Å². The smallest absolute Gasteiger partial charge is 0.0954 e. The largest absolute Gasteiger partial charge is 0.363 e. The summed E-state index contributed by atoms with van der Waals surface area (Å²) in [6.45, 7) is 2.08. The summed E-state index contributed by atoms with van der Waals surface area (Å²) < 4.78 is 0. The molecule has 2 heteroatoms. The van der Waals surface area contributed by atoms with E-state index in [1.54, 1.807) is 0 Å². The lowest BCUT2D eigenvalue weighted by molar-refractivity contribution is 0.355. The van der Waals surface area contributed by atoms with Crippen molar-refractivity contribution in [1.82, 2.24) is 10.2 Å². The lowest BCUT2D eigenvalue weighted by Crippen LogP contribution is -2.28. The van der Waals surface area contributed by atoms with E-state index < -0.39 is 0 Å². The first-order valence-corrected chi connectivity index (χ1v) is 2.37. The molecule has 0 bridgehead atoms. The molecule has 0 spiro atoms. The quantitative estimate of drug-likeness (QED) is 0.462. The molecule has 0 saturated carbocycles. The van der Waals surface area contributed by atoms with Gasteiger partial charge in [-0.3, -0.25) is 0 Å². The Kier molecular flexibility index (Phi) is 0.929. The van der Waals surface area contributed by atoms with Crippen LogP contribution in [-0.4, -0.2) is 18.1 Å². The summed E-state index contributed by atoms with van der Waals surface area (Å²) in [6.07, 6.45) is 5.20. The molecule has 0 aliphatic carbocycles. The van der Waals surface area contributed by atoms with Crippen molar-refractivity contribution in [2.45, 2.75) is 13.1 Å². The second kappa shape index (κ2) is 1.45. The summed E-state index contributed by atoms with van der Waals surface area (Å²) >= 11 is 0. The zero-order valence-electron chi connectivity index (χ0n) is 4.60. The summed E-state index contributed by atoms with van der Waals surface area (Å²) in [7, 11) is 2.01. The average molecular weight is 97.1 g/mol. The van der Waals surface area contributed by atoms with Gasteiger partial charge >= 0.3 is 0 Å². The van der Waals surface area contributed by atoms with Crippen molar-refractivity contribution >= 4 is 0 Å². The van der Waals surface area contributed by atoms with Gasteiger partial charge in [0.15, 0.2) is 0 Å². The van der Waals surface area contributed by atoms with Crippen LogP contribution in [0.3, 0.4) is 0 Å². The van der Waals surface area contributed by atoms with E-state index in [1.165, 1.54) is 0 Å². The summed E-state index contributed by atoms with van der Waals surface area (Å²) in [6, 6.07) is 0. The van der Waals surface area contributed by atoms with Crippen molar-refractivity contribution in [2.75, 3.05) is 7.05 Å². The van der Waals surface area contributed by atoms with Gasteiger partial charge in [-0.1, -0.05) is 0 Å². The van der Waals surface area contributed by atoms with Crippen LogP contribution >= 0.6 is 0 Å². The third kappa shape index (κ3) is 0.683. The predicted molar refractivity (Wildman–Crippen MR) is 28.2 cm³/mol. The molecular formula is C5H9N2. The molecule has 1 rings (SSSR count). The molecule has 7 heavy (non-hydrogen) atoms. The highest BCUT2D eigenvalue weighted by atomic mass is 15.3.